The lowest BCUT2D eigenvalue weighted by molar-refractivity contribution is 0.0950. The van der Waals surface area contributed by atoms with Crippen molar-refractivity contribution in [3.05, 3.63) is 34.9 Å². The molecule has 0 atom stereocenters. The Balaban J connectivity index is 2.03. The van der Waals surface area contributed by atoms with Crippen molar-refractivity contribution in [1.29, 1.82) is 0 Å². The average molecular weight is 233 g/mol. The first-order valence-electron chi connectivity index (χ1n) is 5.35. The topological polar surface area (TPSA) is 75.6 Å². The van der Waals surface area contributed by atoms with Gasteiger partial charge in [0.1, 0.15) is 0 Å². The molecule has 0 saturated heterocycles. The molecule has 0 aliphatic rings. The van der Waals surface area contributed by atoms with E-state index in [1.165, 1.54) is 0 Å². The predicted octanol–water partition coefficient (Wildman–Crippen LogP) is 0.690. The monoisotopic (exact) mass is 233 g/mol. The van der Waals surface area contributed by atoms with Gasteiger partial charge in [0.2, 0.25) is 0 Å². The van der Waals surface area contributed by atoms with Gasteiger partial charge in [0.15, 0.2) is 0 Å². The Kier molecular flexibility index (Phi) is 2.95. The normalized spacial score (nSPS) is 10.5. The maximum atomic E-state index is 11.9. The van der Waals surface area contributed by atoms with E-state index in [0.29, 0.717) is 17.8 Å². The van der Waals surface area contributed by atoms with Crippen LogP contribution in [-0.4, -0.2) is 25.9 Å². The summed E-state index contributed by atoms with van der Waals surface area (Å²) in [7, 11) is 1.84. The number of H-pyrrole nitrogens is 1. The molecule has 0 unspecified atom stereocenters. The molecule has 0 aliphatic heterocycles. The molecule has 2 aromatic rings. The van der Waals surface area contributed by atoms with Gasteiger partial charge in [-0.25, -0.2) is 0 Å². The Morgan fingerprint density at radius 1 is 1.53 bits per heavy atom. The zero-order chi connectivity index (χ0) is 12.4. The van der Waals surface area contributed by atoms with Gasteiger partial charge in [-0.15, -0.1) is 0 Å². The van der Waals surface area contributed by atoms with Crippen molar-refractivity contribution < 1.29 is 4.79 Å². The molecule has 0 fully saturated rings. The Morgan fingerprint density at radius 2 is 2.29 bits per heavy atom. The molecule has 1 amide bonds. The van der Waals surface area contributed by atoms with Crippen LogP contribution in [0.2, 0.25) is 0 Å². The first-order chi connectivity index (χ1) is 8.08. The highest BCUT2D eigenvalue weighted by Crippen LogP contribution is 2.09. The number of aromatic nitrogens is 4. The minimum Gasteiger partial charge on any atom is -0.348 e. The number of carbonyl (C=O) groups excluding carboxylic acids is 1. The fourth-order valence-electron chi connectivity index (χ4n) is 1.72. The molecular weight excluding hydrogens is 218 g/mol. The van der Waals surface area contributed by atoms with Crippen molar-refractivity contribution in [2.24, 2.45) is 7.05 Å². The summed E-state index contributed by atoms with van der Waals surface area (Å²) in [6.45, 7) is 4.11. The summed E-state index contributed by atoms with van der Waals surface area (Å²) in [5.41, 5.74) is 3.09. The number of rotatable bonds is 3. The van der Waals surface area contributed by atoms with Crippen LogP contribution >= 0.6 is 0 Å². The van der Waals surface area contributed by atoms with E-state index in [0.717, 1.165) is 11.3 Å². The van der Waals surface area contributed by atoms with Crippen LogP contribution in [0, 0.1) is 13.8 Å². The molecule has 0 bridgehead atoms. The number of aromatic amines is 1. The van der Waals surface area contributed by atoms with Crippen LogP contribution in [0.1, 0.15) is 27.3 Å². The van der Waals surface area contributed by atoms with Gasteiger partial charge in [-0.1, -0.05) is 0 Å². The maximum absolute atomic E-state index is 11.9. The molecule has 0 radical (unpaired) electrons. The lowest BCUT2D eigenvalue weighted by atomic mass is 10.2. The lowest BCUT2D eigenvalue weighted by Gasteiger charge is -2.03. The van der Waals surface area contributed by atoms with E-state index in [1.807, 2.05) is 27.1 Å². The van der Waals surface area contributed by atoms with Gasteiger partial charge >= 0.3 is 0 Å². The number of hydrogen-bond acceptors (Lipinski definition) is 3. The van der Waals surface area contributed by atoms with E-state index in [4.69, 9.17) is 0 Å². The average Bonchev–Trinajstić information content (AvgIpc) is 2.83. The number of nitrogens with zero attached hydrogens (tertiary/aromatic N) is 3. The number of carbonyl (C=O) groups is 1. The highest BCUT2D eigenvalue weighted by atomic mass is 16.1. The highest BCUT2D eigenvalue weighted by Gasteiger charge is 2.14. The van der Waals surface area contributed by atoms with Gasteiger partial charge in [0.25, 0.3) is 5.91 Å². The second kappa shape index (κ2) is 4.40. The van der Waals surface area contributed by atoms with Crippen molar-refractivity contribution in [2.75, 3.05) is 0 Å². The van der Waals surface area contributed by atoms with E-state index in [1.54, 1.807) is 10.9 Å². The largest absolute Gasteiger partial charge is 0.348 e. The summed E-state index contributed by atoms with van der Waals surface area (Å²) in [5, 5.41) is 13.7. The molecule has 0 aromatic carbocycles. The second-order valence-corrected chi connectivity index (χ2v) is 4.01. The zero-order valence-electron chi connectivity index (χ0n) is 10.1. The molecule has 6 nitrogen and oxygen atoms in total. The summed E-state index contributed by atoms with van der Waals surface area (Å²) in [5.74, 6) is -0.113. The fraction of sp³-hybridized carbons (Fsp3) is 0.364. The van der Waals surface area contributed by atoms with Gasteiger partial charge < -0.3 is 5.32 Å². The third-order valence-corrected chi connectivity index (χ3v) is 2.57. The summed E-state index contributed by atoms with van der Waals surface area (Å²) in [4.78, 5) is 11.9. The quantitative estimate of drug-likeness (QED) is 0.819. The van der Waals surface area contributed by atoms with Crippen LogP contribution in [0.4, 0.5) is 0 Å². The van der Waals surface area contributed by atoms with Gasteiger partial charge in [-0.05, 0) is 13.8 Å². The third-order valence-electron chi connectivity index (χ3n) is 2.57. The molecule has 0 saturated carbocycles. The number of amides is 1. The Hall–Kier alpha value is -2.11. The minimum atomic E-state index is -0.113. The molecule has 2 aromatic heterocycles. The second-order valence-electron chi connectivity index (χ2n) is 4.01. The number of hydrogen-bond donors (Lipinski definition) is 2. The van der Waals surface area contributed by atoms with Crippen LogP contribution in [0.25, 0.3) is 0 Å². The summed E-state index contributed by atoms with van der Waals surface area (Å²) in [6, 6.07) is 0. The van der Waals surface area contributed by atoms with Crippen LogP contribution in [0.15, 0.2) is 12.4 Å². The standard InChI is InChI=1S/C11H15N5O/c1-7-10(8(2)15-14-7)11(17)12-4-9-5-13-16(3)6-9/h5-6H,4H2,1-3H3,(H,12,17)(H,14,15). The molecule has 6 heteroatoms. The Bertz CT molecular complexity index is 520. The van der Waals surface area contributed by atoms with E-state index in [-0.39, 0.29) is 5.91 Å². The van der Waals surface area contributed by atoms with Crippen molar-refractivity contribution in [3.63, 3.8) is 0 Å². The first kappa shape index (κ1) is 11.4. The molecule has 2 N–H and O–H groups in total. The summed E-state index contributed by atoms with van der Waals surface area (Å²) < 4.78 is 1.70. The van der Waals surface area contributed by atoms with Crippen molar-refractivity contribution in [1.82, 2.24) is 25.3 Å². The molecule has 90 valence electrons. The summed E-state index contributed by atoms with van der Waals surface area (Å²) in [6.07, 6.45) is 3.60. The van der Waals surface area contributed by atoms with E-state index in [2.05, 4.69) is 20.6 Å². The molecule has 0 aliphatic carbocycles. The molecule has 17 heavy (non-hydrogen) atoms. The zero-order valence-corrected chi connectivity index (χ0v) is 10.1. The van der Waals surface area contributed by atoms with Crippen molar-refractivity contribution >= 4 is 5.91 Å². The maximum Gasteiger partial charge on any atom is 0.255 e. The molecule has 2 heterocycles. The first-order valence-corrected chi connectivity index (χ1v) is 5.35. The fourth-order valence-corrected chi connectivity index (χ4v) is 1.72. The van der Waals surface area contributed by atoms with E-state index in [9.17, 15) is 4.79 Å². The van der Waals surface area contributed by atoms with Crippen LogP contribution in [0.3, 0.4) is 0 Å². The van der Waals surface area contributed by atoms with E-state index >= 15 is 0 Å². The summed E-state index contributed by atoms with van der Waals surface area (Å²) >= 11 is 0. The predicted molar refractivity (Wildman–Crippen MR) is 62.4 cm³/mol. The van der Waals surface area contributed by atoms with Crippen LogP contribution in [-0.2, 0) is 13.6 Å². The molecule has 2 rings (SSSR count). The van der Waals surface area contributed by atoms with E-state index < -0.39 is 0 Å². The minimum absolute atomic E-state index is 0.113. The molecular formula is C11H15N5O. The van der Waals surface area contributed by atoms with Gasteiger partial charge in [-0.2, -0.15) is 10.2 Å². The lowest BCUT2D eigenvalue weighted by Crippen LogP contribution is -2.23. The van der Waals surface area contributed by atoms with Crippen LogP contribution < -0.4 is 5.32 Å². The molecule has 0 spiro atoms. The highest BCUT2D eigenvalue weighted by molar-refractivity contribution is 5.96. The number of nitrogens with one attached hydrogen (secondary N) is 2. The van der Waals surface area contributed by atoms with Gasteiger partial charge in [0.05, 0.1) is 17.5 Å². The van der Waals surface area contributed by atoms with Gasteiger partial charge in [0, 0.05) is 31.0 Å². The smallest absolute Gasteiger partial charge is 0.255 e. The van der Waals surface area contributed by atoms with Crippen molar-refractivity contribution in [2.45, 2.75) is 20.4 Å². The Morgan fingerprint density at radius 3 is 2.82 bits per heavy atom. The van der Waals surface area contributed by atoms with Crippen molar-refractivity contribution in [3.8, 4) is 0 Å². The Labute approximate surface area is 99.0 Å². The van der Waals surface area contributed by atoms with Gasteiger partial charge in [-0.3, -0.25) is 14.6 Å². The SMILES string of the molecule is Cc1n[nH]c(C)c1C(=O)NCc1cnn(C)c1. The third kappa shape index (κ3) is 2.35. The van der Waals surface area contributed by atoms with Crippen LogP contribution in [0.5, 0.6) is 0 Å². The number of aryl methyl sites for hydroxylation is 3.